The lowest BCUT2D eigenvalue weighted by Crippen LogP contribution is -2.40. The van der Waals surface area contributed by atoms with Gasteiger partial charge in [-0.3, -0.25) is 4.79 Å². The number of ether oxygens (including phenoxy) is 1. The molecule has 1 N–H and O–H groups in total. The van der Waals surface area contributed by atoms with Gasteiger partial charge in [0.15, 0.2) is 0 Å². The normalized spacial score (nSPS) is 24.9. The van der Waals surface area contributed by atoms with Gasteiger partial charge in [-0.2, -0.15) is 0 Å². The van der Waals surface area contributed by atoms with E-state index in [0.717, 1.165) is 41.2 Å². The topological polar surface area (TPSA) is 38.3 Å². The SMILES string of the molecule is COc1cc(C)c(CC(=O)NC2CCC(C)C(C)C2)c(C)c1. The zero-order valence-corrected chi connectivity index (χ0v) is 14.5. The lowest BCUT2D eigenvalue weighted by atomic mass is 9.79. The maximum Gasteiger partial charge on any atom is 0.224 e. The van der Waals surface area contributed by atoms with E-state index in [0.29, 0.717) is 18.4 Å². The second kappa shape index (κ2) is 7.17. The minimum absolute atomic E-state index is 0.142. The molecule has 22 heavy (non-hydrogen) atoms. The molecule has 3 nitrogen and oxygen atoms in total. The standard InChI is InChI=1S/C19H29NO2/c1-12-6-7-16(8-13(12)2)20-19(21)11-18-14(3)9-17(22-5)10-15(18)4/h9-10,12-13,16H,6-8,11H2,1-5H3,(H,20,21). The molecule has 1 aromatic carbocycles. The summed E-state index contributed by atoms with van der Waals surface area (Å²) in [6.45, 7) is 8.69. The molecule has 3 unspecified atom stereocenters. The van der Waals surface area contributed by atoms with Crippen molar-refractivity contribution in [2.24, 2.45) is 11.8 Å². The number of hydrogen-bond acceptors (Lipinski definition) is 2. The van der Waals surface area contributed by atoms with E-state index in [1.165, 1.54) is 6.42 Å². The van der Waals surface area contributed by atoms with Gasteiger partial charge in [-0.25, -0.2) is 0 Å². The Bertz CT molecular complexity index is 515. The number of rotatable bonds is 4. The fraction of sp³-hybridized carbons (Fsp3) is 0.632. The van der Waals surface area contributed by atoms with Crippen LogP contribution in [0.1, 0.15) is 49.8 Å². The molecule has 1 fully saturated rings. The van der Waals surface area contributed by atoms with Crippen LogP contribution in [0.4, 0.5) is 0 Å². The predicted octanol–water partition coefficient (Wildman–Crippen LogP) is 3.80. The van der Waals surface area contributed by atoms with Gasteiger partial charge in [0.2, 0.25) is 5.91 Å². The van der Waals surface area contributed by atoms with Crippen LogP contribution in [0, 0.1) is 25.7 Å². The van der Waals surface area contributed by atoms with Crippen molar-refractivity contribution in [3.8, 4) is 5.75 Å². The molecule has 122 valence electrons. The van der Waals surface area contributed by atoms with Gasteiger partial charge in [-0.15, -0.1) is 0 Å². The Morgan fingerprint density at radius 2 is 1.82 bits per heavy atom. The molecular weight excluding hydrogens is 274 g/mol. The van der Waals surface area contributed by atoms with E-state index in [4.69, 9.17) is 4.74 Å². The Hall–Kier alpha value is -1.51. The average molecular weight is 303 g/mol. The highest BCUT2D eigenvalue weighted by Crippen LogP contribution is 2.29. The first kappa shape index (κ1) is 16.9. The average Bonchev–Trinajstić information content (AvgIpc) is 2.46. The molecule has 0 saturated heterocycles. The highest BCUT2D eigenvalue weighted by molar-refractivity contribution is 5.79. The van der Waals surface area contributed by atoms with Crippen molar-refractivity contribution in [3.05, 3.63) is 28.8 Å². The summed E-state index contributed by atoms with van der Waals surface area (Å²) in [4.78, 5) is 12.4. The zero-order chi connectivity index (χ0) is 16.3. The highest BCUT2D eigenvalue weighted by atomic mass is 16.5. The number of methoxy groups -OCH3 is 1. The molecule has 0 spiro atoms. The first-order valence-corrected chi connectivity index (χ1v) is 8.34. The molecule has 0 heterocycles. The summed E-state index contributed by atoms with van der Waals surface area (Å²) in [5, 5.41) is 3.23. The van der Waals surface area contributed by atoms with Gasteiger partial charge >= 0.3 is 0 Å². The van der Waals surface area contributed by atoms with Crippen LogP contribution in [0.3, 0.4) is 0 Å². The molecule has 0 aromatic heterocycles. The van der Waals surface area contributed by atoms with Crippen LogP contribution in [0.2, 0.25) is 0 Å². The summed E-state index contributed by atoms with van der Waals surface area (Å²) in [7, 11) is 1.67. The summed E-state index contributed by atoms with van der Waals surface area (Å²) >= 11 is 0. The molecule has 0 bridgehead atoms. The smallest absolute Gasteiger partial charge is 0.224 e. The van der Waals surface area contributed by atoms with E-state index < -0.39 is 0 Å². The molecule has 0 aliphatic heterocycles. The number of nitrogens with one attached hydrogen (secondary N) is 1. The number of hydrogen-bond donors (Lipinski definition) is 1. The van der Waals surface area contributed by atoms with Crippen molar-refractivity contribution in [2.75, 3.05) is 7.11 Å². The van der Waals surface area contributed by atoms with Gasteiger partial charge in [0.25, 0.3) is 0 Å². The second-order valence-corrected chi connectivity index (χ2v) is 6.95. The van der Waals surface area contributed by atoms with Gasteiger partial charge < -0.3 is 10.1 Å². The Balaban J connectivity index is 1.98. The van der Waals surface area contributed by atoms with Crippen molar-refractivity contribution in [1.82, 2.24) is 5.32 Å². The van der Waals surface area contributed by atoms with Crippen LogP contribution in [0.25, 0.3) is 0 Å². The maximum absolute atomic E-state index is 12.4. The van der Waals surface area contributed by atoms with Gasteiger partial charge in [0, 0.05) is 6.04 Å². The van der Waals surface area contributed by atoms with E-state index in [9.17, 15) is 4.79 Å². The Labute approximate surface area is 134 Å². The zero-order valence-electron chi connectivity index (χ0n) is 14.5. The van der Waals surface area contributed by atoms with E-state index in [2.05, 4.69) is 19.2 Å². The molecular formula is C19H29NO2. The Kier molecular flexibility index (Phi) is 5.49. The summed E-state index contributed by atoms with van der Waals surface area (Å²) in [5.41, 5.74) is 3.37. The number of amides is 1. The lowest BCUT2D eigenvalue weighted by Gasteiger charge is -2.32. The molecule has 1 amide bonds. The Morgan fingerprint density at radius 3 is 2.36 bits per heavy atom. The second-order valence-electron chi connectivity index (χ2n) is 6.95. The lowest BCUT2D eigenvalue weighted by molar-refractivity contribution is -0.121. The summed E-state index contributed by atoms with van der Waals surface area (Å²) in [6.07, 6.45) is 3.89. The van der Waals surface area contributed by atoms with Crippen molar-refractivity contribution in [3.63, 3.8) is 0 Å². The van der Waals surface area contributed by atoms with Gasteiger partial charge in [-0.05, 0) is 73.8 Å². The Morgan fingerprint density at radius 1 is 1.18 bits per heavy atom. The van der Waals surface area contributed by atoms with Gasteiger partial charge in [-0.1, -0.05) is 13.8 Å². The van der Waals surface area contributed by atoms with Crippen LogP contribution in [-0.2, 0) is 11.2 Å². The van der Waals surface area contributed by atoms with Crippen molar-refractivity contribution in [1.29, 1.82) is 0 Å². The quantitative estimate of drug-likeness (QED) is 0.919. The molecule has 3 heteroatoms. The first-order chi connectivity index (χ1) is 10.4. The van der Waals surface area contributed by atoms with Crippen molar-refractivity contribution < 1.29 is 9.53 Å². The fourth-order valence-electron chi connectivity index (χ4n) is 3.47. The van der Waals surface area contributed by atoms with E-state index in [1.54, 1.807) is 7.11 Å². The van der Waals surface area contributed by atoms with E-state index in [-0.39, 0.29) is 5.91 Å². The summed E-state index contributed by atoms with van der Waals surface area (Å²) < 4.78 is 5.28. The van der Waals surface area contributed by atoms with Gasteiger partial charge in [0.05, 0.1) is 13.5 Å². The highest BCUT2D eigenvalue weighted by Gasteiger charge is 2.25. The monoisotopic (exact) mass is 303 g/mol. The number of aryl methyl sites for hydroxylation is 2. The van der Waals surface area contributed by atoms with Crippen LogP contribution >= 0.6 is 0 Å². The first-order valence-electron chi connectivity index (χ1n) is 8.34. The van der Waals surface area contributed by atoms with Gasteiger partial charge in [0.1, 0.15) is 5.75 Å². The van der Waals surface area contributed by atoms with E-state index >= 15 is 0 Å². The largest absolute Gasteiger partial charge is 0.497 e. The third-order valence-electron chi connectivity index (χ3n) is 5.21. The molecule has 1 aliphatic rings. The number of carbonyl (C=O) groups is 1. The molecule has 1 saturated carbocycles. The van der Waals surface area contributed by atoms with Crippen molar-refractivity contribution >= 4 is 5.91 Å². The molecule has 1 aromatic rings. The van der Waals surface area contributed by atoms with Crippen LogP contribution < -0.4 is 10.1 Å². The van der Waals surface area contributed by atoms with E-state index in [1.807, 2.05) is 26.0 Å². The molecule has 1 aliphatic carbocycles. The summed E-state index contributed by atoms with van der Waals surface area (Å²) in [5.74, 6) is 2.47. The molecule has 3 atom stereocenters. The molecule has 0 radical (unpaired) electrons. The third kappa shape index (κ3) is 4.02. The minimum atomic E-state index is 0.142. The number of carbonyl (C=O) groups excluding carboxylic acids is 1. The minimum Gasteiger partial charge on any atom is -0.497 e. The number of benzene rings is 1. The van der Waals surface area contributed by atoms with Crippen LogP contribution in [-0.4, -0.2) is 19.1 Å². The molecule has 2 rings (SSSR count). The van der Waals surface area contributed by atoms with Crippen LogP contribution in [0.15, 0.2) is 12.1 Å². The van der Waals surface area contributed by atoms with Crippen molar-refractivity contribution in [2.45, 2.75) is 59.4 Å². The maximum atomic E-state index is 12.4. The summed E-state index contributed by atoms with van der Waals surface area (Å²) in [6, 6.07) is 4.34. The third-order valence-corrected chi connectivity index (χ3v) is 5.21. The predicted molar refractivity (Wildman–Crippen MR) is 90.3 cm³/mol. The van der Waals surface area contributed by atoms with Crippen LogP contribution in [0.5, 0.6) is 5.75 Å². The fourth-order valence-corrected chi connectivity index (χ4v) is 3.47.